The molecule has 0 aromatic heterocycles. The smallest absolute Gasteiger partial charge is 0.308 e. The molecule has 0 atom stereocenters. The van der Waals surface area contributed by atoms with Gasteiger partial charge in [0.15, 0.2) is 0 Å². The van der Waals surface area contributed by atoms with Gasteiger partial charge in [-0.15, -0.1) is 0 Å². The van der Waals surface area contributed by atoms with E-state index in [-0.39, 0.29) is 11.1 Å². The maximum atomic E-state index is 12.1. The van der Waals surface area contributed by atoms with Crippen molar-refractivity contribution in [2.45, 2.75) is 11.8 Å². The Hall–Kier alpha value is -1.78. The summed E-state index contributed by atoms with van der Waals surface area (Å²) in [5, 5.41) is 0.550. The molecule has 0 bridgehead atoms. The van der Waals surface area contributed by atoms with Crippen LogP contribution in [0.15, 0.2) is 53.4 Å². The number of hydrogen-bond acceptors (Lipinski definition) is 4. The Kier molecular flexibility index (Phi) is 4.82. The third kappa shape index (κ3) is 4.11. The van der Waals surface area contributed by atoms with Crippen LogP contribution in [0, 0.1) is 0 Å². The van der Waals surface area contributed by atoms with E-state index in [9.17, 15) is 9.59 Å². The van der Waals surface area contributed by atoms with E-state index in [1.54, 1.807) is 48.5 Å². The monoisotopic (exact) mass is 306 g/mol. The first-order valence-electron chi connectivity index (χ1n) is 5.81. The Morgan fingerprint density at radius 3 is 2.15 bits per heavy atom. The molecule has 0 spiro atoms. The van der Waals surface area contributed by atoms with E-state index in [4.69, 9.17) is 16.3 Å². The van der Waals surface area contributed by atoms with Crippen molar-refractivity contribution in [3.63, 3.8) is 0 Å². The highest BCUT2D eigenvalue weighted by atomic mass is 35.5. The fourth-order valence-electron chi connectivity index (χ4n) is 1.49. The Balaban J connectivity index is 2.05. The number of halogens is 1. The molecule has 0 radical (unpaired) electrons. The summed E-state index contributed by atoms with van der Waals surface area (Å²) in [5.74, 6) is 0.0326. The predicted octanol–water partition coefficient (Wildman–Crippen LogP) is 4.20. The number of rotatable bonds is 3. The molecule has 2 rings (SSSR count). The van der Waals surface area contributed by atoms with Gasteiger partial charge in [-0.3, -0.25) is 9.59 Å². The van der Waals surface area contributed by atoms with Crippen molar-refractivity contribution < 1.29 is 14.3 Å². The highest BCUT2D eigenvalue weighted by Gasteiger charge is 2.08. The number of carbonyl (C=O) groups is 2. The van der Waals surface area contributed by atoms with Crippen molar-refractivity contribution in [2.75, 3.05) is 0 Å². The predicted molar refractivity (Wildman–Crippen MR) is 79.4 cm³/mol. The van der Waals surface area contributed by atoms with Gasteiger partial charge in [0, 0.05) is 22.4 Å². The Morgan fingerprint density at radius 1 is 1.00 bits per heavy atom. The summed E-state index contributed by atoms with van der Waals surface area (Å²) in [6.45, 7) is 1.33. The number of hydrogen-bond donors (Lipinski definition) is 0. The van der Waals surface area contributed by atoms with Crippen molar-refractivity contribution in [3.8, 4) is 5.75 Å². The fraction of sp³-hybridized carbons (Fsp3) is 0.0667. The van der Waals surface area contributed by atoms with E-state index < -0.39 is 0 Å². The summed E-state index contributed by atoms with van der Waals surface area (Å²) in [6.07, 6.45) is 0. The van der Waals surface area contributed by atoms with Crippen LogP contribution < -0.4 is 4.74 Å². The third-order valence-electron chi connectivity index (χ3n) is 2.38. The number of ether oxygens (including phenoxy) is 1. The highest BCUT2D eigenvalue weighted by molar-refractivity contribution is 8.14. The first-order chi connectivity index (χ1) is 9.54. The molecule has 0 aliphatic heterocycles. The van der Waals surface area contributed by atoms with Crippen LogP contribution in [0.5, 0.6) is 5.75 Å². The van der Waals surface area contributed by atoms with Crippen molar-refractivity contribution >= 4 is 34.4 Å². The molecule has 0 aliphatic rings. The molecule has 5 heteroatoms. The summed E-state index contributed by atoms with van der Waals surface area (Å²) < 4.78 is 4.91. The molecular formula is C15H11ClO3S. The van der Waals surface area contributed by atoms with Crippen LogP contribution >= 0.6 is 23.4 Å². The number of benzene rings is 2. The Morgan fingerprint density at radius 2 is 1.60 bits per heavy atom. The SMILES string of the molecule is CC(=O)Oc1ccc(C(=O)Sc2ccc(Cl)cc2)cc1. The van der Waals surface area contributed by atoms with Gasteiger partial charge in [-0.05, 0) is 60.3 Å². The van der Waals surface area contributed by atoms with Gasteiger partial charge in [0.25, 0.3) is 0 Å². The van der Waals surface area contributed by atoms with E-state index in [0.717, 1.165) is 16.7 Å². The second kappa shape index (κ2) is 6.59. The van der Waals surface area contributed by atoms with E-state index in [1.165, 1.54) is 6.92 Å². The Bertz CT molecular complexity index is 621. The van der Waals surface area contributed by atoms with Gasteiger partial charge in [0.1, 0.15) is 5.75 Å². The molecule has 0 saturated carbocycles. The molecule has 0 fully saturated rings. The number of esters is 1. The lowest BCUT2D eigenvalue weighted by Crippen LogP contribution is -2.01. The standard InChI is InChI=1S/C15H11ClO3S/c1-10(17)19-13-6-2-11(3-7-13)15(18)20-14-8-4-12(16)5-9-14/h2-9H,1H3. The molecule has 0 unspecified atom stereocenters. The van der Waals surface area contributed by atoms with Crippen molar-refractivity contribution in [1.82, 2.24) is 0 Å². The van der Waals surface area contributed by atoms with E-state index in [0.29, 0.717) is 16.3 Å². The number of carbonyl (C=O) groups excluding carboxylic acids is 2. The van der Waals surface area contributed by atoms with Crippen molar-refractivity contribution in [2.24, 2.45) is 0 Å². The summed E-state index contributed by atoms with van der Waals surface area (Å²) >= 11 is 6.91. The van der Waals surface area contributed by atoms with Crippen LogP contribution in [-0.2, 0) is 4.79 Å². The zero-order chi connectivity index (χ0) is 14.5. The molecule has 2 aromatic rings. The topological polar surface area (TPSA) is 43.4 Å². The highest BCUT2D eigenvalue weighted by Crippen LogP contribution is 2.25. The zero-order valence-electron chi connectivity index (χ0n) is 10.6. The summed E-state index contributed by atoms with van der Waals surface area (Å²) in [7, 11) is 0. The van der Waals surface area contributed by atoms with Gasteiger partial charge in [-0.25, -0.2) is 0 Å². The summed E-state index contributed by atoms with van der Waals surface area (Å²) in [4.78, 5) is 23.7. The van der Waals surface area contributed by atoms with Crippen molar-refractivity contribution in [3.05, 3.63) is 59.1 Å². The lowest BCUT2D eigenvalue weighted by molar-refractivity contribution is -0.131. The minimum atomic E-state index is -0.389. The lowest BCUT2D eigenvalue weighted by Gasteiger charge is -2.03. The Labute approximate surface area is 125 Å². The number of thioether (sulfide) groups is 1. The van der Waals surface area contributed by atoms with Crippen LogP contribution in [0.25, 0.3) is 0 Å². The first kappa shape index (κ1) is 14.6. The van der Waals surface area contributed by atoms with Crippen LogP contribution in [0.3, 0.4) is 0 Å². The quantitative estimate of drug-likeness (QED) is 0.484. The molecule has 0 saturated heterocycles. The molecule has 0 amide bonds. The molecule has 0 aliphatic carbocycles. The minimum Gasteiger partial charge on any atom is -0.427 e. The van der Waals surface area contributed by atoms with Gasteiger partial charge in [0.2, 0.25) is 5.12 Å². The molecule has 3 nitrogen and oxygen atoms in total. The van der Waals surface area contributed by atoms with E-state index >= 15 is 0 Å². The van der Waals surface area contributed by atoms with E-state index in [1.807, 2.05) is 0 Å². The van der Waals surface area contributed by atoms with Crippen LogP contribution in [-0.4, -0.2) is 11.1 Å². The molecule has 102 valence electrons. The normalized spacial score (nSPS) is 10.1. The fourth-order valence-corrected chi connectivity index (χ4v) is 2.36. The third-order valence-corrected chi connectivity index (χ3v) is 3.56. The second-order valence-electron chi connectivity index (χ2n) is 3.96. The van der Waals surface area contributed by atoms with Crippen LogP contribution in [0.1, 0.15) is 17.3 Å². The largest absolute Gasteiger partial charge is 0.427 e. The van der Waals surface area contributed by atoms with Crippen molar-refractivity contribution in [1.29, 1.82) is 0 Å². The maximum absolute atomic E-state index is 12.1. The van der Waals surface area contributed by atoms with Gasteiger partial charge >= 0.3 is 5.97 Å². The summed E-state index contributed by atoms with van der Waals surface area (Å²) in [5.41, 5.74) is 0.542. The van der Waals surface area contributed by atoms with Gasteiger partial charge in [-0.1, -0.05) is 11.6 Å². The molecule has 2 aromatic carbocycles. The molecule has 0 N–H and O–H groups in total. The summed E-state index contributed by atoms with van der Waals surface area (Å²) in [6, 6.07) is 13.5. The van der Waals surface area contributed by atoms with E-state index in [2.05, 4.69) is 0 Å². The minimum absolute atomic E-state index is 0.0818. The first-order valence-corrected chi connectivity index (χ1v) is 7.00. The second-order valence-corrected chi connectivity index (χ2v) is 5.44. The van der Waals surface area contributed by atoms with Gasteiger partial charge in [-0.2, -0.15) is 0 Å². The molecule has 0 heterocycles. The van der Waals surface area contributed by atoms with Gasteiger partial charge in [0.05, 0.1) is 0 Å². The van der Waals surface area contributed by atoms with Crippen LogP contribution in [0.4, 0.5) is 0 Å². The lowest BCUT2D eigenvalue weighted by atomic mass is 10.2. The average molecular weight is 307 g/mol. The van der Waals surface area contributed by atoms with Gasteiger partial charge < -0.3 is 4.74 Å². The molecular weight excluding hydrogens is 296 g/mol. The zero-order valence-corrected chi connectivity index (χ0v) is 12.2. The maximum Gasteiger partial charge on any atom is 0.308 e. The van der Waals surface area contributed by atoms with Crippen LogP contribution in [0.2, 0.25) is 5.02 Å². The molecule has 20 heavy (non-hydrogen) atoms. The average Bonchev–Trinajstić information content (AvgIpc) is 2.41.